The van der Waals surface area contributed by atoms with Crippen molar-refractivity contribution in [3.63, 3.8) is 0 Å². The van der Waals surface area contributed by atoms with E-state index in [2.05, 4.69) is 24.1 Å². The topological polar surface area (TPSA) is 199 Å². The van der Waals surface area contributed by atoms with E-state index in [9.17, 15) is 0 Å². The molecular weight excluding hydrogens is 428 g/mol. The number of rotatable bonds is 3. The summed E-state index contributed by atoms with van der Waals surface area (Å²) in [5.74, 6) is -5.63. The number of carbonyl (C=O) groups is 4. The van der Waals surface area contributed by atoms with E-state index in [1.165, 1.54) is 24.1 Å². The number of aliphatic carboxylic acids is 4. The van der Waals surface area contributed by atoms with Gasteiger partial charge in [-0.25, -0.2) is 24.2 Å². The minimum Gasteiger partial charge on any atom is -0.475 e. The lowest BCUT2D eigenvalue weighted by molar-refractivity contribution is -0.159. The molecule has 2 aliphatic rings. The second-order valence-electron chi connectivity index (χ2n) is 7.09. The van der Waals surface area contributed by atoms with Gasteiger partial charge in [-0.2, -0.15) is 4.98 Å². The highest BCUT2D eigenvalue weighted by Gasteiger charge is 2.22. The predicted octanol–water partition coefficient (Wildman–Crippen LogP) is -0.137. The molecule has 0 radical (unpaired) electrons. The molecule has 13 nitrogen and oxygen atoms in total. The van der Waals surface area contributed by atoms with Crippen LogP contribution in [0.15, 0.2) is 0 Å². The van der Waals surface area contributed by atoms with Crippen molar-refractivity contribution in [2.75, 3.05) is 31.1 Å². The maximum absolute atomic E-state index is 9.10. The minimum atomic E-state index is -1.82. The highest BCUT2D eigenvalue weighted by atomic mass is 16.5. The van der Waals surface area contributed by atoms with E-state index >= 15 is 0 Å². The SMILES string of the molecule is CC(C)Oc1nc(N2CCNCC2)nc2c1CCCC2.O=C(O)C(=O)O.O=C(O)C(=O)O. The summed E-state index contributed by atoms with van der Waals surface area (Å²) in [6.07, 6.45) is 4.72. The fraction of sp³-hybridized carbons (Fsp3) is 0.579. The standard InChI is InChI=1S/C15H24N4O.2C2H2O4/c1-11(2)20-14-12-5-3-4-6-13(12)17-15(18-14)19-9-7-16-8-10-19;2*3-1(4)2(5)6/h11,16H,3-10H2,1-2H3;2*(H,3,4)(H,5,6). The van der Waals surface area contributed by atoms with Crippen LogP contribution < -0.4 is 15.0 Å². The molecule has 5 N–H and O–H groups in total. The Kier molecular flexibility index (Phi) is 10.8. The Morgan fingerprint density at radius 3 is 1.84 bits per heavy atom. The van der Waals surface area contributed by atoms with Crippen molar-refractivity contribution in [3.05, 3.63) is 11.3 Å². The summed E-state index contributed by atoms with van der Waals surface area (Å²) in [5.41, 5.74) is 2.44. The highest BCUT2D eigenvalue weighted by Crippen LogP contribution is 2.29. The Hall–Kier alpha value is -3.48. The second-order valence-corrected chi connectivity index (χ2v) is 7.09. The van der Waals surface area contributed by atoms with Gasteiger partial charge in [0.15, 0.2) is 0 Å². The van der Waals surface area contributed by atoms with Crippen molar-refractivity contribution < 1.29 is 44.3 Å². The largest absolute Gasteiger partial charge is 0.475 e. The summed E-state index contributed by atoms with van der Waals surface area (Å²) in [6, 6.07) is 0. The van der Waals surface area contributed by atoms with E-state index in [0.29, 0.717) is 0 Å². The lowest BCUT2D eigenvalue weighted by Gasteiger charge is -2.29. The second kappa shape index (κ2) is 13.0. The number of nitrogens with one attached hydrogen (secondary N) is 1. The van der Waals surface area contributed by atoms with E-state index in [1.807, 2.05) is 0 Å². The lowest BCUT2D eigenvalue weighted by atomic mass is 9.97. The van der Waals surface area contributed by atoms with Gasteiger partial charge in [0.25, 0.3) is 0 Å². The summed E-state index contributed by atoms with van der Waals surface area (Å²) >= 11 is 0. The molecule has 0 bridgehead atoms. The van der Waals surface area contributed by atoms with Gasteiger partial charge in [-0.3, -0.25) is 0 Å². The van der Waals surface area contributed by atoms with Crippen molar-refractivity contribution in [1.29, 1.82) is 0 Å². The van der Waals surface area contributed by atoms with Crippen LogP contribution in [0.1, 0.15) is 37.9 Å². The van der Waals surface area contributed by atoms with Crippen LogP contribution in [0, 0.1) is 0 Å². The molecule has 1 fully saturated rings. The van der Waals surface area contributed by atoms with Gasteiger partial charge in [-0.1, -0.05) is 0 Å². The van der Waals surface area contributed by atoms with Crippen LogP contribution in [0.2, 0.25) is 0 Å². The molecule has 1 saturated heterocycles. The third kappa shape index (κ3) is 9.12. The highest BCUT2D eigenvalue weighted by molar-refractivity contribution is 6.27. The van der Waals surface area contributed by atoms with Crippen molar-refractivity contribution in [1.82, 2.24) is 15.3 Å². The molecule has 1 aromatic rings. The number of aromatic nitrogens is 2. The van der Waals surface area contributed by atoms with E-state index in [-0.39, 0.29) is 6.10 Å². The molecule has 0 aromatic carbocycles. The number of hydrogen-bond donors (Lipinski definition) is 5. The molecule has 3 rings (SSSR count). The third-order valence-corrected chi connectivity index (χ3v) is 4.25. The van der Waals surface area contributed by atoms with Gasteiger partial charge in [0, 0.05) is 31.7 Å². The van der Waals surface area contributed by atoms with Crippen LogP contribution in [0.3, 0.4) is 0 Å². The third-order valence-electron chi connectivity index (χ3n) is 4.25. The fourth-order valence-corrected chi connectivity index (χ4v) is 2.87. The monoisotopic (exact) mass is 456 g/mol. The maximum atomic E-state index is 9.10. The Morgan fingerprint density at radius 1 is 0.875 bits per heavy atom. The quantitative estimate of drug-likeness (QED) is 0.377. The van der Waals surface area contributed by atoms with Gasteiger partial charge in [-0.05, 0) is 39.5 Å². The molecule has 0 saturated carbocycles. The van der Waals surface area contributed by atoms with Crippen LogP contribution in [-0.4, -0.2) is 86.6 Å². The van der Waals surface area contributed by atoms with Gasteiger partial charge in [0.2, 0.25) is 11.8 Å². The molecule has 0 unspecified atom stereocenters. The van der Waals surface area contributed by atoms with E-state index in [1.54, 1.807) is 0 Å². The molecule has 1 aliphatic carbocycles. The number of piperazine rings is 1. The molecule has 1 aliphatic heterocycles. The maximum Gasteiger partial charge on any atom is 0.414 e. The Labute approximate surface area is 184 Å². The number of aryl methyl sites for hydroxylation is 1. The molecule has 0 spiro atoms. The molecule has 2 heterocycles. The molecular formula is C19H28N4O9. The molecule has 178 valence electrons. The normalized spacial score (nSPS) is 14.7. The number of hydrogen-bond acceptors (Lipinski definition) is 9. The number of carboxylic acid groups (broad SMARTS) is 4. The number of anilines is 1. The lowest BCUT2D eigenvalue weighted by Crippen LogP contribution is -2.44. The molecule has 1 aromatic heterocycles. The fourth-order valence-electron chi connectivity index (χ4n) is 2.87. The van der Waals surface area contributed by atoms with Crippen LogP contribution in [0.25, 0.3) is 0 Å². The van der Waals surface area contributed by atoms with Crippen molar-refractivity contribution in [2.45, 2.75) is 45.6 Å². The first-order chi connectivity index (χ1) is 15.0. The van der Waals surface area contributed by atoms with Gasteiger partial charge in [0.05, 0.1) is 11.8 Å². The number of nitrogens with zero attached hydrogens (tertiary/aromatic N) is 3. The van der Waals surface area contributed by atoms with Gasteiger partial charge < -0.3 is 35.4 Å². The average Bonchev–Trinajstić information content (AvgIpc) is 2.74. The van der Waals surface area contributed by atoms with Gasteiger partial charge in [0.1, 0.15) is 0 Å². The smallest absolute Gasteiger partial charge is 0.414 e. The van der Waals surface area contributed by atoms with Crippen molar-refractivity contribution >= 4 is 29.8 Å². The predicted molar refractivity (Wildman–Crippen MR) is 110 cm³/mol. The zero-order valence-electron chi connectivity index (χ0n) is 17.9. The van der Waals surface area contributed by atoms with Crippen LogP contribution in [0.4, 0.5) is 5.95 Å². The molecule has 0 atom stereocenters. The van der Waals surface area contributed by atoms with Crippen molar-refractivity contribution in [2.24, 2.45) is 0 Å². The summed E-state index contributed by atoms with van der Waals surface area (Å²) in [7, 11) is 0. The average molecular weight is 456 g/mol. The molecule has 32 heavy (non-hydrogen) atoms. The molecule has 0 amide bonds. The summed E-state index contributed by atoms with van der Waals surface area (Å²) < 4.78 is 5.95. The Bertz CT molecular complexity index is 775. The summed E-state index contributed by atoms with van der Waals surface area (Å²) in [6.45, 7) is 8.06. The first kappa shape index (κ1) is 26.6. The number of fused-ring (bicyclic) bond motifs is 1. The number of carboxylic acids is 4. The zero-order chi connectivity index (χ0) is 24.3. The summed E-state index contributed by atoms with van der Waals surface area (Å²) in [5, 5.41) is 32.9. The Morgan fingerprint density at radius 2 is 1.38 bits per heavy atom. The van der Waals surface area contributed by atoms with Crippen LogP contribution >= 0.6 is 0 Å². The molecule has 13 heteroatoms. The van der Waals surface area contributed by atoms with E-state index in [0.717, 1.165) is 50.8 Å². The van der Waals surface area contributed by atoms with E-state index in [4.69, 9.17) is 54.3 Å². The Balaban J connectivity index is 0.000000355. The van der Waals surface area contributed by atoms with Gasteiger partial charge >= 0.3 is 23.9 Å². The van der Waals surface area contributed by atoms with Crippen molar-refractivity contribution in [3.8, 4) is 5.88 Å². The zero-order valence-corrected chi connectivity index (χ0v) is 17.9. The first-order valence-corrected chi connectivity index (χ1v) is 9.97. The first-order valence-electron chi connectivity index (χ1n) is 9.97. The van der Waals surface area contributed by atoms with Crippen LogP contribution in [-0.2, 0) is 32.0 Å². The minimum absolute atomic E-state index is 0.159. The van der Waals surface area contributed by atoms with E-state index < -0.39 is 23.9 Å². The number of ether oxygens (including phenoxy) is 1. The van der Waals surface area contributed by atoms with Crippen LogP contribution in [0.5, 0.6) is 5.88 Å². The van der Waals surface area contributed by atoms with Gasteiger partial charge in [-0.15, -0.1) is 0 Å². The summed E-state index contributed by atoms with van der Waals surface area (Å²) in [4.78, 5) is 48.2.